The van der Waals surface area contributed by atoms with E-state index in [4.69, 9.17) is 5.73 Å². The van der Waals surface area contributed by atoms with Gasteiger partial charge in [-0.1, -0.05) is 0 Å². The molecule has 4 N–H and O–H groups in total. The first-order valence-corrected chi connectivity index (χ1v) is 7.15. The van der Waals surface area contributed by atoms with Gasteiger partial charge in [0.05, 0.1) is 29.6 Å². The molecule has 1 fully saturated rings. The minimum absolute atomic E-state index is 0.0565. The molecule has 6 nitrogen and oxygen atoms in total. The van der Waals surface area contributed by atoms with Gasteiger partial charge in [-0.3, -0.25) is 4.79 Å². The minimum Gasteiger partial charge on any atom is -0.396 e. The molecule has 20 heavy (non-hydrogen) atoms. The van der Waals surface area contributed by atoms with Crippen molar-refractivity contribution in [2.75, 3.05) is 18.5 Å². The first kappa shape index (κ1) is 13.4. The van der Waals surface area contributed by atoms with Crippen molar-refractivity contribution < 1.29 is 9.90 Å². The van der Waals surface area contributed by atoms with E-state index in [1.54, 1.807) is 4.52 Å². The Labute approximate surface area is 124 Å². The summed E-state index contributed by atoms with van der Waals surface area (Å²) in [5, 5.41) is 16.8. The molecular weight excluding hydrogens is 324 g/mol. The van der Waals surface area contributed by atoms with Crippen LogP contribution in [0.4, 0.5) is 5.69 Å². The molecule has 3 rings (SSSR count). The second-order valence-electron chi connectivity index (χ2n) is 5.30. The van der Waals surface area contributed by atoms with Crippen LogP contribution < -0.4 is 11.1 Å². The predicted octanol–water partition coefficient (Wildman–Crippen LogP) is 1.38. The average Bonchev–Trinajstić information content (AvgIpc) is 3.09. The molecule has 0 bridgehead atoms. The third kappa shape index (κ3) is 2.27. The fraction of sp³-hybridized carbons (Fsp3) is 0.385. The number of aliphatic hydroxyl groups excluding tert-OH is 1. The highest BCUT2D eigenvalue weighted by atomic mass is 79.9. The molecule has 2 aromatic heterocycles. The van der Waals surface area contributed by atoms with E-state index in [2.05, 4.69) is 26.3 Å². The highest BCUT2D eigenvalue weighted by Gasteiger charge is 2.41. The van der Waals surface area contributed by atoms with Crippen molar-refractivity contribution in [1.29, 1.82) is 0 Å². The summed E-state index contributed by atoms with van der Waals surface area (Å²) < 4.78 is 2.55. The molecule has 0 atom stereocenters. The Morgan fingerprint density at radius 3 is 2.95 bits per heavy atom. The number of nitrogens with two attached hydrogens (primary N) is 1. The Morgan fingerprint density at radius 1 is 1.60 bits per heavy atom. The Kier molecular flexibility index (Phi) is 3.18. The summed E-state index contributed by atoms with van der Waals surface area (Å²) in [4.78, 5) is 11.6. The van der Waals surface area contributed by atoms with Crippen LogP contribution in [0.3, 0.4) is 0 Å². The van der Waals surface area contributed by atoms with Crippen LogP contribution in [0, 0.1) is 5.41 Å². The summed E-state index contributed by atoms with van der Waals surface area (Å²) in [7, 11) is 0. The lowest BCUT2D eigenvalue weighted by Gasteiger charge is -2.16. The number of rotatable bonds is 5. The number of fused-ring (bicyclic) bond motifs is 1. The van der Waals surface area contributed by atoms with Crippen LogP contribution in [0.5, 0.6) is 0 Å². The van der Waals surface area contributed by atoms with E-state index in [0.29, 0.717) is 17.8 Å². The second-order valence-corrected chi connectivity index (χ2v) is 6.21. The van der Waals surface area contributed by atoms with Crippen LogP contribution in [0.25, 0.3) is 5.52 Å². The molecule has 7 heteroatoms. The number of aromatic nitrogens is 2. The number of anilines is 1. The topological polar surface area (TPSA) is 92.7 Å². The van der Waals surface area contributed by atoms with E-state index in [1.807, 2.05) is 12.3 Å². The number of nitrogens with one attached hydrogen (secondary N) is 1. The minimum atomic E-state index is -0.520. The van der Waals surface area contributed by atoms with Crippen molar-refractivity contribution in [2.24, 2.45) is 11.1 Å². The van der Waals surface area contributed by atoms with Crippen molar-refractivity contribution in [1.82, 2.24) is 9.61 Å². The molecule has 1 amide bonds. The van der Waals surface area contributed by atoms with Crippen LogP contribution in [-0.2, 0) is 0 Å². The van der Waals surface area contributed by atoms with Gasteiger partial charge in [0.2, 0.25) is 0 Å². The molecule has 0 spiro atoms. The highest BCUT2D eigenvalue weighted by Crippen LogP contribution is 2.45. The average molecular weight is 339 g/mol. The molecule has 2 heterocycles. The third-order valence-corrected chi connectivity index (χ3v) is 4.24. The van der Waals surface area contributed by atoms with E-state index in [0.717, 1.165) is 22.8 Å². The first-order valence-electron chi connectivity index (χ1n) is 6.36. The molecule has 1 saturated carbocycles. The van der Waals surface area contributed by atoms with Crippen molar-refractivity contribution in [3.63, 3.8) is 0 Å². The molecule has 106 valence electrons. The monoisotopic (exact) mass is 338 g/mol. The van der Waals surface area contributed by atoms with Gasteiger partial charge < -0.3 is 16.2 Å². The second kappa shape index (κ2) is 4.75. The zero-order valence-electron chi connectivity index (χ0n) is 10.8. The normalized spacial score (nSPS) is 16.3. The number of hydrogen-bond acceptors (Lipinski definition) is 4. The van der Waals surface area contributed by atoms with Crippen LogP contribution in [0.2, 0.25) is 0 Å². The number of aliphatic hydroxyl groups is 1. The molecule has 0 unspecified atom stereocenters. The number of primary amides is 1. The molecule has 1 aliphatic carbocycles. The fourth-order valence-electron chi connectivity index (χ4n) is 2.24. The summed E-state index contributed by atoms with van der Waals surface area (Å²) in [6.45, 7) is 0.768. The lowest BCUT2D eigenvalue weighted by atomic mass is 10.1. The van der Waals surface area contributed by atoms with E-state index in [-0.39, 0.29) is 12.0 Å². The largest absolute Gasteiger partial charge is 0.396 e. The number of nitrogens with zero attached hydrogens (tertiary/aromatic N) is 2. The van der Waals surface area contributed by atoms with Crippen LogP contribution >= 0.6 is 15.9 Å². The van der Waals surface area contributed by atoms with Crippen molar-refractivity contribution >= 4 is 33.0 Å². The van der Waals surface area contributed by atoms with Gasteiger partial charge in [0.25, 0.3) is 5.91 Å². The van der Waals surface area contributed by atoms with Gasteiger partial charge in [-0.25, -0.2) is 4.52 Å². The highest BCUT2D eigenvalue weighted by molar-refractivity contribution is 9.10. The van der Waals surface area contributed by atoms with Gasteiger partial charge in [-0.15, -0.1) is 0 Å². The first-order chi connectivity index (χ1) is 9.54. The van der Waals surface area contributed by atoms with E-state index < -0.39 is 5.91 Å². The quantitative estimate of drug-likeness (QED) is 0.767. The molecule has 0 aromatic carbocycles. The number of carbonyl (C=O) groups excluding carboxylic acids is 1. The Hall–Kier alpha value is -1.60. The zero-order chi connectivity index (χ0) is 14.3. The number of amides is 1. The maximum absolute atomic E-state index is 11.6. The summed E-state index contributed by atoms with van der Waals surface area (Å²) in [5.41, 5.74) is 7.16. The zero-order valence-corrected chi connectivity index (χ0v) is 12.4. The number of halogens is 1. The number of hydrogen-bond donors (Lipinski definition) is 3. The van der Waals surface area contributed by atoms with Crippen molar-refractivity contribution in [3.05, 3.63) is 28.5 Å². The summed E-state index contributed by atoms with van der Waals surface area (Å²) >= 11 is 3.39. The van der Waals surface area contributed by atoms with E-state index in [1.165, 1.54) is 6.20 Å². The smallest absolute Gasteiger partial charge is 0.252 e. The summed E-state index contributed by atoms with van der Waals surface area (Å²) in [6, 6.07) is 1.88. The van der Waals surface area contributed by atoms with Crippen molar-refractivity contribution in [3.8, 4) is 0 Å². The Balaban J connectivity index is 2.00. The van der Waals surface area contributed by atoms with Crippen LogP contribution in [0.15, 0.2) is 22.9 Å². The van der Waals surface area contributed by atoms with Gasteiger partial charge >= 0.3 is 0 Å². The van der Waals surface area contributed by atoms with Crippen LogP contribution in [-0.4, -0.2) is 33.8 Å². The molecular formula is C13H15BrN4O2. The summed E-state index contributed by atoms with van der Waals surface area (Å²) in [6.07, 6.45) is 5.26. The molecule has 0 saturated heterocycles. The lowest BCUT2D eigenvalue weighted by molar-refractivity contribution is 0.100. The summed E-state index contributed by atoms with van der Waals surface area (Å²) in [5.74, 6) is -0.520. The molecule has 2 aromatic rings. The van der Waals surface area contributed by atoms with Gasteiger partial charge in [0.15, 0.2) is 0 Å². The SMILES string of the molecule is NC(=O)c1cnn2cc(Br)cc2c1NCC1(CO)CC1. The van der Waals surface area contributed by atoms with Gasteiger partial charge in [0.1, 0.15) is 0 Å². The lowest BCUT2D eigenvalue weighted by Crippen LogP contribution is -2.22. The van der Waals surface area contributed by atoms with Gasteiger partial charge in [0, 0.05) is 22.6 Å². The fourth-order valence-corrected chi connectivity index (χ4v) is 2.65. The predicted molar refractivity (Wildman–Crippen MR) is 78.7 cm³/mol. The van der Waals surface area contributed by atoms with E-state index in [9.17, 15) is 9.90 Å². The molecule has 1 aliphatic rings. The standard InChI is InChI=1S/C13H15BrN4O2/c14-8-3-10-11(16-6-13(7-19)1-2-13)9(12(15)20)4-17-18(10)5-8/h3-5,16,19H,1-2,6-7H2,(H2,15,20). The van der Waals surface area contributed by atoms with E-state index >= 15 is 0 Å². The maximum Gasteiger partial charge on any atom is 0.252 e. The number of carbonyl (C=O) groups is 1. The maximum atomic E-state index is 11.6. The third-order valence-electron chi connectivity index (χ3n) is 3.80. The Bertz CT molecular complexity index is 678. The van der Waals surface area contributed by atoms with Crippen LogP contribution in [0.1, 0.15) is 23.2 Å². The molecule has 0 radical (unpaired) electrons. The Morgan fingerprint density at radius 2 is 2.35 bits per heavy atom. The molecule has 0 aliphatic heterocycles. The van der Waals surface area contributed by atoms with Gasteiger partial charge in [-0.2, -0.15) is 5.10 Å². The van der Waals surface area contributed by atoms with Gasteiger partial charge in [-0.05, 0) is 34.8 Å². The van der Waals surface area contributed by atoms with Crippen molar-refractivity contribution in [2.45, 2.75) is 12.8 Å².